The first-order valence-corrected chi connectivity index (χ1v) is 6.03. The molecule has 2 rings (SSSR count). The van der Waals surface area contributed by atoms with Gasteiger partial charge in [0.1, 0.15) is 5.82 Å². The minimum atomic E-state index is -0.818. The number of aromatic nitrogens is 1. The van der Waals surface area contributed by atoms with E-state index in [9.17, 15) is 9.18 Å². The molecule has 4 heteroatoms. The van der Waals surface area contributed by atoms with Gasteiger partial charge in [0, 0.05) is 23.5 Å². The third-order valence-electron chi connectivity index (χ3n) is 3.20. The van der Waals surface area contributed by atoms with Gasteiger partial charge in [-0.1, -0.05) is 6.92 Å². The third kappa shape index (κ3) is 2.23. The maximum absolute atomic E-state index is 13.3. The van der Waals surface area contributed by atoms with Crippen LogP contribution >= 0.6 is 0 Å². The normalized spacial score (nSPS) is 12.8. The molecule has 1 unspecified atom stereocenters. The Hall–Kier alpha value is -1.84. The van der Waals surface area contributed by atoms with Crippen LogP contribution in [-0.4, -0.2) is 15.6 Å². The quantitative estimate of drug-likeness (QED) is 0.902. The van der Waals surface area contributed by atoms with E-state index in [0.29, 0.717) is 6.54 Å². The molecule has 0 bridgehead atoms. The summed E-state index contributed by atoms with van der Waals surface area (Å²) in [4.78, 5) is 10.8. The Bertz CT molecular complexity index is 589. The van der Waals surface area contributed by atoms with Crippen molar-refractivity contribution in [2.45, 2.75) is 32.7 Å². The number of carboxylic acid groups (broad SMARTS) is 1. The molecule has 1 heterocycles. The Kier molecular flexibility index (Phi) is 3.36. The average Bonchev–Trinajstić information content (AvgIpc) is 2.65. The van der Waals surface area contributed by atoms with Crippen LogP contribution in [0.25, 0.3) is 10.9 Å². The van der Waals surface area contributed by atoms with Crippen LogP contribution in [0.1, 0.15) is 31.9 Å². The van der Waals surface area contributed by atoms with Crippen LogP contribution in [0.2, 0.25) is 0 Å². The molecule has 0 aliphatic heterocycles. The number of aryl methyl sites for hydroxylation is 1. The van der Waals surface area contributed by atoms with Gasteiger partial charge in [-0.3, -0.25) is 4.79 Å². The SMILES string of the molecule is CCn1c(C(C)CC(=O)O)cc2ccc(F)cc21. The molecule has 96 valence electrons. The lowest BCUT2D eigenvalue weighted by molar-refractivity contribution is -0.137. The highest BCUT2D eigenvalue weighted by Crippen LogP contribution is 2.28. The van der Waals surface area contributed by atoms with Crippen molar-refractivity contribution < 1.29 is 14.3 Å². The van der Waals surface area contributed by atoms with Gasteiger partial charge in [-0.25, -0.2) is 4.39 Å². The van der Waals surface area contributed by atoms with Crippen molar-refractivity contribution in [1.82, 2.24) is 4.57 Å². The van der Waals surface area contributed by atoms with Crippen LogP contribution in [-0.2, 0) is 11.3 Å². The molecule has 1 aromatic carbocycles. The van der Waals surface area contributed by atoms with Crippen LogP contribution in [0.5, 0.6) is 0 Å². The smallest absolute Gasteiger partial charge is 0.304 e. The van der Waals surface area contributed by atoms with E-state index < -0.39 is 5.97 Å². The molecule has 1 N–H and O–H groups in total. The molecule has 0 fully saturated rings. The number of carbonyl (C=O) groups is 1. The predicted molar refractivity (Wildman–Crippen MR) is 68.2 cm³/mol. The van der Waals surface area contributed by atoms with Crippen molar-refractivity contribution in [3.05, 3.63) is 35.8 Å². The molecule has 0 saturated heterocycles. The number of nitrogens with zero attached hydrogens (tertiary/aromatic N) is 1. The minimum absolute atomic E-state index is 0.0821. The second-order valence-corrected chi connectivity index (χ2v) is 4.52. The fourth-order valence-electron chi connectivity index (χ4n) is 2.38. The van der Waals surface area contributed by atoms with Crippen LogP contribution in [0.15, 0.2) is 24.3 Å². The van der Waals surface area contributed by atoms with Crippen LogP contribution in [0.3, 0.4) is 0 Å². The van der Waals surface area contributed by atoms with E-state index >= 15 is 0 Å². The molecule has 0 amide bonds. The van der Waals surface area contributed by atoms with Gasteiger partial charge in [0.25, 0.3) is 0 Å². The van der Waals surface area contributed by atoms with E-state index in [-0.39, 0.29) is 18.2 Å². The molecule has 1 aromatic heterocycles. The number of halogens is 1. The fraction of sp³-hybridized carbons (Fsp3) is 0.357. The molecular formula is C14H16FNO2. The van der Waals surface area contributed by atoms with Gasteiger partial charge < -0.3 is 9.67 Å². The molecule has 0 saturated carbocycles. The minimum Gasteiger partial charge on any atom is -0.481 e. The summed E-state index contributed by atoms with van der Waals surface area (Å²) in [6.45, 7) is 4.55. The first-order chi connectivity index (χ1) is 8.52. The second kappa shape index (κ2) is 4.80. The molecular weight excluding hydrogens is 233 g/mol. The summed E-state index contributed by atoms with van der Waals surface area (Å²) in [5.74, 6) is -1.17. The van der Waals surface area contributed by atoms with E-state index in [2.05, 4.69) is 0 Å². The Balaban J connectivity index is 2.53. The van der Waals surface area contributed by atoms with Crippen molar-refractivity contribution in [3.63, 3.8) is 0 Å². The summed E-state index contributed by atoms with van der Waals surface area (Å²) in [5, 5.41) is 9.81. The zero-order valence-corrected chi connectivity index (χ0v) is 10.5. The van der Waals surface area contributed by atoms with E-state index in [1.54, 1.807) is 6.07 Å². The largest absolute Gasteiger partial charge is 0.481 e. The number of hydrogen-bond donors (Lipinski definition) is 1. The van der Waals surface area contributed by atoms with Crippen LogP contribution < -0.4 is 0 Å². The van der Waals surface area contributed by atoms with Crippen LogP contribution in [0, 0.1) is 5.82 Å². The first kappa shape index (κ1) is 12.6. The molecule has 1 atom stereocenters. The van der Waals surface area contributed by atoms with Crippen molar-refractivity contribution in [3.8, 4) is 0 Å². The summed E-state index contributed by atoms with van der Waals surface area (Å²) < 4.78 is 15.2. The molecule has 2 aromatic rings. The molecule has 0 radical (unpaired) electrons. The molecule has 0 aliphatic carbocycles. The van der Waals surface area contributed by atoms with Gasteiger partial charge in [-0.15, -0.1) is 0 Å². The standard InChI is InChI=1S/C14H16FNO2/c1-3-16-12(9(2)6-14(17)18)7-10-4-5-11(15)8-13(10)16/h4-5,7-9H,3,6H2,1-2H3,(H,17,18). The third-order valence-corrected chi connectivity index (χ3v) is 3.20. The number of rotatable bonds is 4. The second-order valence-electron chi connectivity index (χ2n) is 4.52. The van der Waals surface area contributed by atoms with Crippen molar-refractivity contribution >= 4 is 16.9 Å². The zero-order valence-electron chi connectivity index (χ0n) is 10.5. The van der Waals surface area contributed by atoms with Gasteiger partial charge in [-0.2, -0.15) is 0 Å². The maximum Gasteiger partial charge on any atom is 0.304 e. The van der Waals surface area contributed by atoms with Gasteiger partial charge >= 0.3 is 5.97 Å². The summed E-state index contributed by atoms with van der Waals surface area (Å²) >= 11 is 0. The van der Waals surface area contributed by atoms with Gasteiger partial charge in [0.05, 0.1) is 11.9 Å². The lowest BCUT2D eigenvalue weighted by Gasteiger charge is -2.13. The average molecular weight is 249 g/mol. The van der Waals surface area contributed by atoms with Crippen molar-refractivity contribution in [1.29, 1.82) is 0 Å². The summed E-state index contributed by atoms with van der Waals surface area (Å²) in [6.07, 6.45) is 0.0821. The summed E-state index contributed by atoms with van der Waals surface area (Å²) in [7, 11) is 0. The van der Waals surface area contributed by atoms with E-state index in [1.807, 2.05) is 24.5 Å². The summed E-state index contributed by atoms with van der Waals surface area (Å²) in [5.41, 5.74) is 1.77. The molecule has 18 heavy (non-hydrogen) atoms. The van der Waals surface area contributed by atoms with Crippen molar-refractivity contribution in [2.24, 2.45) is 0 Å². The number of benzene rings is 1. The van der Waals surface area contributed by atoms with Gasteiger partial charge in [0.15, 0.2) is 0 Å². The first-order valence-electron chi connectivity index (χ1n) is 6.03. The lowest BCUT2D eigenvalue weighted by atomic mass is 10.0. The van der Waals surface area contributed by atoms with Gasteiger partial charge in [0.2, 0.25) is 0 Å². The van der Waals surface area contributed by atoms with Gasteiger partial charge in [-0.05, 0) is 31.2 Å². The number of aliphatic carboxylic acids is 1. The van der Waals surface area contributed by atoms with Crippen molar-refractivity contribution in [2.75, 3.05) is 0 Å². The number of carboxylic acids is 1. The predicted octanol–water partition coefficient (Wildman–Crippen LogP) is 3.38. The maximum atomic E-state index is 13.3. The monoisotopic (exact) mass is 249 g/mol. The Labute approximate surface area is 105 Å². The highest BCUT2D eigenvalue weighted by Gasteiger charge is 2.16. The zero-order chi connectivity index (χ0) is 13.3. The van der Waals surface area contributed by atoms with Crippen LogP contribution in [0.4, 0.5) is 4.39 Å². The number of hydrogen-bond acceptors (Lipinski definition) is 1. The lowest BCUT2D eigenvalue weighted by Crippen LogP contribution is -2.08. The molecule has 0 spiro atoms. The number of fused-ring (bicyclic) bond motifs is 1. The highest BCUT2D eigenvalue weighted by molar-refractivity contribution is 5.82. The highest BCUT2D eigenvalue weighted by atomic mass is 19.1. The summed E-state index contributed by atoms with van der Waals surface area (Å²) in [6, 6.07) is 6.60. The Morgan fingerprint density at radius 1 is 1.44 bits per heavy atom. The van der Waals surface area contributed by atoms with E-state index in [0.717, 1.165) is 16.6 Å². The Morgan fingerprint density at radius 3 is 2.78 bits per heavy atom. The fourth-order valence-corrected chi connectivity index (χ4v) is 2.38. The molecule has 3 nitrogen and oxygen atoms in total. The topological polar surface area (TPSA) is 42.2 Å². The van der Waals surface area contributed by atoms with E-state index in [4.69, 9.17) is 5.11 Å². The van der Waals surface area contributed by atoms with E-state index in [1.165, 1.54) is 12.1 Å². The molecule has 0 aliphatic rings. The Morgan fingerprint density at radius 2 is 2.17 bits per heavy atom.